The second-order valence-electron chi connectivity index (χ2n) is 8.78. The zero-order chi connectivity index (χ0) is 23.5. The molecule has 4 rings (SSSR count). The van der Waals surface area contributed by atoms with Gasteiger partial charge in [-0.3, -0.25) is 0 Å². The van der Waals surface area contributed by atoms with E-state index in [-0.39, 0.29) is 12.2 Å². The minimum atomic E-state index is -1.43. The van der Waals surface area contributed by atoms with Gasteiger partial charge in [-0.2, -0.15) is 0 Å². The van der Waals surface area contributed by atoms with Crippen LogP contribution in [0, 0.1) is 0 Å². The molecule has 0 bridgehead atoms. The van der Waals surface area contributed by atoms with Crippen molar-refractivity contribution in [3.05, 3.63) is 64.2 Å². The minimum Gasteiger partial charge on any atom is -0.488 e. The molecular formula is C25H31ClO7. The van der Waals surface area contributed by atoms with Crippen molar-refractivity contribution in [2.24, 2.45) is 0 Å². The van der Waals surface area contributed by atoms with Crippen LogP contribution in [0.4, 0.5) is 0 Å². The second-order valence-corrected chi connectivity index (χ2v) is 9.19. The lowest BCUT2D eigenvalue weighted by Gasteiger charge is -2.40. The Morgan fingerprint density at radius 2 is 1.70 bits per heavy atom. The maximum atomic E-state index is 10.4. The van der Waals surface area contributed by atoms with Crippen LogP contribution in [-0.2, 0) is 15.9 Å². The summed E-state index contributed by atoms with van der Waals surface area (Å²) in [6.45, 7) is -0.470. The van der Waals surface area contributed by atoms with E-state index in [0.29, 0.717) is 17.0 Å². The Bertz CT molecular complexity index is 919. The summed E-state index contributed by atoms with van der Waals surface area (Å²) in [5.74, 6) is 0.800. The van der Waals surface area contributed by atoms with Crippen molar-refractivity contribution >= 4 is 11.6 Å². The standard InChI is InChI=1S/C25H31ClO7/c1-31-19-3-2-4-20(19)32-17-8-5-14(6-9-17)11-16-12-15(7-10-18(16)26)25-24(30)23(29)22(28)21(13-27)33-25/h5-10,12,19-25,27-30H,2-4,11,13H2,1H3/t19-,20+,21+,22+,23-,24+,25-/m0/s1. The molecule has 1 saturated carbocycles. The molecule has 2 aromatic rings. The fourth-order valence-corrected chi connectivity index (χ4v) is 4.85. The predicted molar refractivity (Wildman–Crippen MR) is 122 cm³/mol. The number of hydrogen-bond acceptors (Lipinski definition) is 7. The molecule has 0 unspecified atom stereocenters. The smallest absolute Gasteiger partial charge is 0.125 e. The Balaban J connectivity index is 1.47. The van der Waals surface area contributed by atoms with E-state index in [2.05, 4.69) is 0 Å². The van der Waals surface area contributed by atoms with Crippen LogP contribution in [0.25, 0.3) is 0 Å². The zero-order valence-electron chi connectivity index (χ0n) is 18.5. The maximum absolute atomic E-state index is 10.4. The molecular weight excluding hydrogens is 448 g/mol. The highest BCUT2D eigenvalue weighted by atomic mass is 35.5. The molecule has 1 aliphatic carbocycles. The molecule has 1 heterocycles. The molecule has 0 spiro atoms. The van der Waals surface area contributed by atoms with Gasteiger partial charge in [-0.15, -0.1) is 0 Å². The Labute approximate surface area is 198 Å². The highest BCUT2D eigenvalue weighted by Gasteiger charge is 2.44. The Hall–Kier alpha value is -1.71. The van der Waals surface area contributed by atoms with Crippen LogP contribution in [-0.4, -0.2) is 70.8 Å². The summed E-state index contributed by atoms with van der Waals surface area (Å²) in [6.07, 6.45) is -2.14. The number of aliphatic hydroxyl groups is 4. The monoisotopic (exact) mass is 478 g/mol. The van der Waals surface area contributed by atoms with Gasteiger partial charge in [-0.25, -0.2) is 0 Å². The first-order valence-corrected chi connectivity index (χ1v) is 11.7. The first-order chi connectivity index (χ1) is 15.9. The lowest BCUT2D eigenvalue weighted by molar-refractivity contribution is -0.231. The van der Waals surface area contributed by atoms with E-state index >= 15 is 0 Å². The predicted octanol–water partition coefficient (Wildman–Crippen LogP) is 2.39. The number of ether oxygens (including phenoxy) is 3. The third-order valence-electron chi connectivity index (χ3n) is 6.59. The highest BCUT2D eigenvalue weighted by Crippen LogP contribution is 2.34. The van der Waals surface area contributed by atoms with Crippen molar-refractivity contribution in [3.8, 4) is 5.75 Å². The summed E-state index contributed by atoms with van der Waals surface area (Å²) in [5, 5.41) is 40.6. The summed E-state index contributed by atoms with van der Waals surface area (Å²) in [6, 6.07) is 13.1. The first-order valence-electron chi connectivity index (χ1n) is 11.3. The van der Waals surface area contributed by atoms with Crippen LogP contribution in [0.5, 0.6) is 5.75 Å². The minimum absolute atomic E-state index is 0.0745. The van der Waals surface area contributed by atoms with Crippen molar-refractivity contribution < 1.29 is 34.6 Å². The van der Waals surface area contributed by atoms with Crippen molar-refractivity contribution in [2.75, 3.05) is 13.7 Å². The van der Waals surface area contributed by atoms with E-state index in [1.165, 1.54) is 0 Å². The lowest BCUT2D eigenvalue weighted by atomic mass is 9.90. The van der Waals surface area contributed by atoms with Gasteiger partial charge in [0.2, 0.25) is 0 Å². The van der Waals surface area contributed by atoms with Crippen LogP contribution >= 0.6 is 11.6 Å². The Morgan fingerprint density at radius 1 is 0.970 bits per heavy atom. The van der Waals surface area contributed by atoms with Gasteiger partial charge in [0.15, 0.2) is 0 Å². The van der Waals surface area contributed by atoms with Gasteiger partial charge in [-0.05, 0) is 60.6 Å². The molecule has 2 aliphatic rings. The van der Waals surface area contributed by atoms with E-state index < -0.39 is 37.1 Å². The quantitative estimate of drug-likeness (QED) is 0.484. The van der Waals surface area contributed by atoms with Gasteiger partial charge >= 0.3 is 0 Å². The third kappa shape index (κ3) is 5.35. The van der Waals surface area contributed by atoms with E-state index in [4.69, 9.17) is 25.8 Å². The molecule has 2 fully saturated rings. The molecule has 0 amide bonds. The fourth-order valence-electron chi connectivity index (χ4n) is 4.66. The summed E-state index contributed by atoms with van der Waals surface area (Å²) >= 11 is 6.43. The van der Waals surface area contributed by atoms with E-state index in [0.717, 1.165) is 36.1 Å². The zero-order valence-corrected chi connectivity index (χ0v) is 19.3. The molecule has 8 heteroatoms. The average Bonchev–Trinajstić information content (AvgIpc) is 3.27. The SMILES string of the molecule is CO[C@H]1CCC[C@H]1Oc1ccc(Cc2cc([C@@H]3O[C@H](CO)[C@@H](O)[C@H](O)[C@H]3O)ccc2Cl)cc1. The number of benzene rings is 2. The molecule has 1 aliphatic heterocycles. The third-order valence-corrected chi connectivity index (χ3v) is 6.96. The van der Waals surface area contributed by atoms with E-state index in [1.807, 2.05) is 30.3 Å². The van der Waals surface area contributed by atoms with Crippen LogP contribution < -0.4 is 4.74 Å². The number of rotatable bonds is 7. The van der Waals surface area contributed by atoms with Gasteiger partial charge in [0, 0.05) is 12.1 Å². The van der Waals surface area contributed by atoms with Crippen LogP contribution in [0.1, 0.15) is 42.1 Å². The molecule has 7 nitrogen and oxygen atoms in total. The van der Waals surface area contributed by atoms with Crippen LogP contribution in [0.3, 0.4) is 0 Å². The second kappa shape index (κ2) is 10.7. The maximum Gasteiger partial charge on any atom is 0.125 e. The van der Waals surface area contributed by atoms with Gasteiger partial charge < -0.3 is 34.6 Å². The van der Waals surface area contributed by atoms with Gasteiger partial charge in [0.05, 0.1) is 12.7 Å². The van der Waals surface area contributed by atoms with Crippen molar-refractivity contribution in [1.82, 2.24) is 0 Å². The number of methoxy groups -OCH3 is 1. The Morgan fingerprint density at radius 3 is 2.39 bits per heavy atom. The lowest BCUT2D eigenvalue weighted by Crippen LogP contribution is -2.55. The molecule has 0 aromatic heterocycles. The normalized spacial score (nSPS) is 32.1. The van der Waals surface area contributed by atoms with Crippen LogP contribution in [0.2, 0.25) is 5.02 Å². The average molecular weight is 479 g/mol. The topological polar surface area (TPSA) is 109 Å². The molecule has 180 valence electrons. The van der Waals surface area contributed by atoms with Gasteiger partial charge in [0.1, 0.15) is 42.4 Å². The number of aliphatic hydroxyl groups excluding tert-OH is 4. The van der Waals surface area contributed by atoms with E-state index in [9.17, 15) is 20.4 Å². The Kier molecular flexibility index (Phi) is 7.91. The molecule has 1 saturated heterocycles. The van der Waals surface area contributed by atoms with Crippen molar-refractivity contribution in [1.29, 1.82) is 0 Å². The molecule has 33 heavy (non-hydrogen) atoms. The molecule has 7 atom stereocenters. The molecule has 0 radical (unpaired) electrons. The first kappa shape index (κ1) is 24.4. The summed E-state index contributed by atoms with van der Waals surface area (Å²) in [7, 11) is 1.72. The van der Waals surface area contributed by atoms with Gasteiger partial charge in [0.25, 0.3) is 0 Å². The van der Waals surface area contributed by atoms with E-state index in [1.54, 1.807) is 19.2 Å². The number of hydrogen-bond donors (Lipinski definition) is 4. The molecule has 4 N–H and O–H groups in total. The van der Waals surface area contributed by atoms with Gasteiger partial charge in [-0.1, -0.05) is 35.9 Å². The summed E-state index contributed by atoms with van der Waals surface area (Å²) < 4.78 is 17.3. The van der Waals surface area contributed by atoms with Crippen LogP contribution in [0.15, 0.2) is 42.5 Å². The number of halogens is 1. The molecule has 2 aromatic carbocycles. The highest BCUT2D eigenvalue weighted by molar-refractivity contribution is 6.31. The van der Waals surface area contributed by atoms with Crippen molar-refractivity contribution in [2.45, 2.75) is 68.4 Å². The fraction of sp³-hybridized carbons (Fsp3) is 0.520. The largest absolute Gasteiger partial charge is 0.488 e. The van der Waals surface area contributed by atoms with Crippen molar-refractivity contribution in [3.63, 3.8) is 0 Å². The summed E-state index contributed by atoms with van der Waals surface area (Å²) in [5.41, 5.74) is 2.47. The summed E-state index contributed by atoms with van der Waals surface area (Å²) in [4.78, 5) is 0.